The van der Waals surface area contributed by atoms with E-state index in [2.05, 4.69) is 10.1 Å². The lowest BCUT2D eigenvalue weighted by molar-refractivity contribution is -0.136. The van der Waals surface area contributed by atoms with E-state index in [0.29, 0.717) is 6.42 Å². The maximum absolute atomic E-state index is 10.5. The van der Waals surface area contributed by atoms with Gasteiger partial charge in [-0.2, -0.15) is 5.10 Å². The predicted octanol–water partition coefficient (Wildman–Crippen LogP) is 1.05. The van der Waals surface area contributed by atoms with E-state index in [1.165, 1.54) is 0 Å². The Balaban J connectivity index is 2.40. The summed E-state index contributed by atoms with van der Waals surface area (Å²) in [6, 6.07) is 1.79. The van der Waals surface area contributed by atoms with E-state index in [-0.39, 0.29) is 6.42 Å². The number of hydrogen-bond acceptors (Lipinski definition) is 3. The van der Waals surface area contributed by atoms with Crippen molar-refractivity contribution in [1.29, 1.82) is 0 Å². The lowest BCUT2D eigenvalue weighted by Gasteiger charge is -1.96. The molecule has 0 amide bonds. The van der Waals surface area contributed by atoms with Crippen LogP contribution >= 0.6 is 0 Å². The van der Waals surface area contributed by atoms with Gasteiger partial charge in [0.25, 0.3) is 0 Å². The topological polar surface area (TPSA) is 67.5 Å². The van der Waals surface area contributed by atoms with Crippen molar-refractivity contribution >= 4 is 11.6 Å². The fourth-order valence-electron chi connectivity index (χ4n) is 1.57. The first-order chi connectivity index (χ1) is 7.18. The van der Waals surface area contributed by atoms with Gasteiger partial charge in [-0.15, -0.1) is 0 Å². The van der Waals surface area contributed by atoms with Crippen LogP contribution in [0.15, 0.2) is 18.5 Å². The van der Waals surface area contributed by atoms with Crippen LogP contribution in [-0.2, 0) is 11.2 Å². The van der Waals surface area contributed by atoms with E-state index in [4.69, 9.17) is 5.11 Å². The Hall–Kier alpha value is -1.91. The molecule has 0 fully saturated rings. The quantitative estimate of drug-likeness (QED) is 0.813. The maximum atomic E-state index is 10.5. The van der Waals surface area contributed by atoms with Crippen molar-refractivity contribution in [2.75, 3.05) is 0 Å². The Kier molecular flexibility index (Phi) is 2.37. The molecule has 0 aliphatic rings. The highest BCUT2D eigenvalue weighted by molar-refractivity contribution is 5.67. The van der Waals surface area contributed by atoms with Gasteiger partial charge in [0.05, 0.1) is 5.69 Å². The molecule has 2 aromatic heterocycles. The molecule has 78 valence electrons. The van der Waals surface area contributed by atoms with Gasteiger partial charge in [-0.25, -0.2) is 9.50 Å². The number of hydrogen-bond donors (Lipinski definition) is 1. The molecular weight excluding hydrogens is 194 g/mol. The molecule has 2 heterocycles. The summed E-state index contributed by atoms with van der Waals surface area (Å²) in [5.41, 5.74) is 2.50. The Labute approximate surface area is 86.4 Å². The van der Waals surface area contributed by atoms with Crippen molar-refractivity contribution in [1.82, 2.24) is 14.6 Å². The second-order valence-corrected chi connectivity index (χ2v) is 3.35. The van der Waals surface area contributed by atoms with Gasteiger partial charge in [0.2, 0.25) is 0 Å². The fraction of sp³-hybridized carbons (Fsp3) is 0.300. The Morgan fingerprint density at radius 2 is 2.40 bits per heavy atom. The van der Waals surface area contributed by atoms with Gasteiger partial charge in [-0.05, 0) is 19.4 Å². The SMILES string of the molecule is Cc1nn2cccnc2c1CCC(=O)O. The molecule has 5 nitrogen and oxygen atoms in total. The van der Waals surface area contributed by atoms with Crippen LogP contribution in [0.4, 0.5) is 0 Å². The third kappa shape index (κ3) is 1.81. The van der Waals surface area contributed by atoms with Crippen LogP contribution in [0.25, 0.3) is 5.65 Å². The molecule has 0 saturated heterocycles. The lowest BCUT2D eigenvalue weighted by atomic mass is 10.1. The Morgan fingerprint density at radius 3 is 3.13 bits per heavy atom. The molecule has 0 aromatic carbocycles. The van der Waals surface area contributed by atoms with Crippen LogP contribution < -0.4 is 0 Å². The minimum atomic E-state index is -0.801. The number of carboxylic acid groups (broad SMARTS) is 1. The van der Waals surface area contributed by atoms with Gasteiger partial charge in [0.1, 0.15) is 0 Å². The molecule has 15 heavy (non-hydrogen) atoms. The molecule has 0 aliphatic heterocycles. The Bertz CT molecular complexity index is 504. The Morgan fingerprint density at radius 1 is 1.60 bits per heavy atom. The van der Waals surface area contributed by atoms with Crippen LogP contribution in [-0.4, -0.2) is 25.7 Å². The van der Waals surface area contributed by atoms with Crippen molar-refractivity contribution in [3.63, 3.8) is 0 Å². The summed E-state index contributed by atoms with van der Waals surface area (Å²) >= 11 is 0. The van der Waals surface area contributed by atoms with E-state index in [1.807, 2.05) is 6.92 Å². The molecule has 2 aromatic rings. The van der Waals surface area contributed by atoms with Crippen LogP contribution in [0.5, 0.6) is 0 Å². The molecule has 0 spiro atoms. The van der Waals surface area contributed by atoms with E-state index in [0.717, 1.165) is 16.9 Å². The number of carboxylic acids is 1. The normalized spacial score (nSPS) is 10.7. The van der Waals surface area contributed by atoms with Crippen molar-refractivity contribution < 1.29 is 9.90 Å². The van der Waals surface area contributed by atoms with Crippen LogP contribution in [0.1, 0.15) is 17.7 Å². The summed E-state index contributed by atoms with van der Waals surface area (Å²) in [6.45, 7) is 1.87. The lowest BCUT2D eigenvalue weighted by Crippen LogP contribution is -1.98. The average molecular weight is 205 g/mol. The molecule has 0 radical (unpaired) electrons. The smallest absolute Gasteiger partial charge is 0.303 e. The van der Waals surface area contributed by atoms with Crippen molar-refractivity contribution in [2.24, 2.45) is 0 Å². The summed E-state index contributed by atoms with van der Waals surface area (Å²) in [6.07, 6.45) is 4.07. The summed E-state index contributed by atoms with van der Waals surface area (Å²) in [5.74, 6) is -0.801. The number of nitrogens with zero attached hydrogens (tertiary/aromatic N) is 3. The van der Waals surface area contributed by atoms with E-state index < -0.39 is 5.97 Å². The number of aryl methyl sites for hydroxylation is 2. The zero-order valence-corrected chi connectivity index (χ0v) is 8.34. The molecule has 0 bridgehead atoms. The molecule has 0 saturated carbocycles. The highest BCUT2D eigenvalue weighted by Crippen LogP contribution is 2.14. The summed E-state index contributed by atoms with van der Waals surface area (Å²) in [7, 11) is 0. The number of rotatable bonds is 3. The number of aromatic nitrogens is 3. The molecule has 5 heteroatoms. The van der Waals surface area contributed by atoms with Gasteiger partial charge >= 0.3 is 5.97 Å². The first kappa shape index (κ1) is 9.64. The predicted molar refractivity (Wildman–Crippen MR) is 53.7 cm³/mol. The molecular formula is C10H11N3O2. The molecule has 2 rings (SSSR count). The summed E-state index contributed by atoms with van der Waals surface area (Å²) in [5, 5.41) is 12.9. The van der Waals surface area contributed by atoms with Gasteiger partial charge < -0.3 is 5.11 Å². The fourth-order valence-corrected chi connectivity index (χ4v) is 1.57. The molecule has 0 aliphatic carbocycles. The largest absolute Gasteiger partial charge is 0.481 e. The van der Waals surface area contributed by atoms with E-state index >= 15 is 0 Å². The first-order valence-electron chi connectivity index (χ1n) is 4.69. The van der Waals surface area contributed by atoms with Gasteiger partial charge in [0.15, 0.2) is 5.65 Å². The van der Waals surface area contributed by atoms with Crippen molar-refractivity contribution in [2.45, 2.75) is 19.8 Å². The third-order valence-corrected chi connectivity index (χ3v) is 2.28. The monoisotopic (exact) mass is 205 g/mol. The zero-order chi connectivity index (χ0) is 10.8. The highest BCUT2D eigenvalue weighted by Gasteiger charge is 2.10. The average Bonchev–Trinajstić information content (AvgIpc) is 2.50. The second kappa shape index (κ2) is 3.68. The highest BCUT2D eigenvalue weighted by atomic mass is 16.4. The number of fused-ring (bicyclic) bond motifs is 1. The minimum absolute atomic E-state index is 0.110. The molecule has 0 atom stereocenters. The van der Waals surface area contributed by atoms with Crippen LogP contribution in [0.3, 0.4) is 0 Å². The van der Waals surface area contributed by atoms with Gasteiger partial charge in [-0.3, -0.25) is 4.79 Å². The second-order valence-electron chi connectivity index (χ2n) is 3.35. The van der Waals surface area contributed by atoms with Crippen molar-refractivity contribution in [3.8, 4) is 0 Å². The third-order valence-electron chi connectivity index (χ3n) is 2.28. The first-order valence-corrected chi connectivity index (χ1v) is 4.69. The van der Waals surface area contributed by atoms with Crippen molar-refractivity contribution in [3.05, 3.63) is 29.7 Å². The van der Waals surface area contributed by atoms with E-state index in [1.54, 1.807) is 23.0 Å². The van der Waals surface area contributed by atoms with E-state index in [9.17, 15) is 4.79 Å². The van der Waals surface area contributed by atoms with Crippen LogP contribution in [0.2, 0.25) is 0 Å². The van der Waals surface area contributed by atoms with Crippen LogP contribution in [0, 0.1) is 6.92 Å². The maximum Gasteiger partial charge on any atom is 0.303 e. The molecule has 1 N–H and O–H groups in total. The van der Waals surface area contributed by atoms with Gasteiger partial charge in [-0.1, -0.05) is 0 Å². The summed E-state index contributed by atoms with van der Waals surface area (Å²) in [4.78, 5) is 14.7. The van der Waals surface area contributed by atoms with Gasteiger partial charge in [0, 0.05) is 24.4 Å². The number of aliphatic carboxylic acids is 1. The number of carbonyl (C=O) groups is 1. The summed E-state index contributed by atoms with van der Waals surface area (Å²) < 4.78 is 1.67. The minimum Gasteiger partial charge on any atom is -0.481 e. The standard InChI is InChI=1S/C10H11N3O2/c1-7-8(3-4-9(14)15)10-11-5-2-6-13(10)12-7/h2,5-6H,3-4H2,1H3,(H,14,15). The zero-order valence-electron chi connectivity index (χ0n) is 8.34. The molecule has 0 unspecified atom stereocenters.